The zero-order chi connectivity index (χ0) is 24.9. The van der Waals surface area contributed by atoms with Crippen LogP contribution < -0.4 is 14.2 Å². The summed E-state index contributed by atoms with van der Waals surface area (Å²) in [6.45, 7) is 8.12. The molecule has 4 rings (SSSR count). The van der Waals surface area contributed by atoms with Crippen LogP contribution in [0.2, 0.25) is 0 Å². The Labute approximate surface area is 207 Å². The lowest BCUT2D eigenvalue weighted by Gasteiger charge is -2.19. The Morgan fingerprint density at radius 2 is 1.77 bits per heavy atom. The average Bonchev–Trinajstić information content (AvgIpc) is 3.10. The van der Waals surface area contributed by atoms with Crippen molar-refractivity contribution in [1.29, 1.82) is 0 Å². The quantitative estimate of drug-likeness (QED) is 0.358. The summed E-state index contributed by atoms with van der Waals surface area (Å²) in [5, 5.41) is 0.961. The molecular weight excluding hydrogens is 442 g/mol. The zero-order valence-corrected chi connectivity index (χ0v) is 21.4. The number of methoxy groups -OCH3 is 2. The maximum atomic E-state index is 13.1. The number of furan rings is 1. The van der Waals surface area contributed by atoms with Crippen LogP contribution >= 0.6 is 0 Å². The highest BCUT2D eigenvalue weighted by Gasteiger charge is 2.21. The summed E-state index contributed by atoms with van der Waals surface area (Å²) >= 11 is 0. The maximum absolute atomic E-state index is 13.1. The van der Waals surface area contributed by atoms with Gasteiger partial charge in [-0.3, -0.25) is 4.79 Å². The highest BCUT2D eigenvalue weighted by atomic mass is 16.5. The van der Waals surface area contributed by atoms with Crippen molar-refractivity contribution in [3.8, 4) is 28.4 Å². The third-order valence-corrected chi connectivity index (χ3v) is 6.71. The number of benzene rings is 2. The van der Waals surface area contributed by atoms with Crippen LogP contribution in [0.4, 0.5) is 0 Å². The van der Waals surface area contributed by atoms with Crippen molar-refractivity contribution >= 4 is 22.4 Å². The first kappa shape index (κ1) is 24.7. The van der Waals surface area contributed by atoms with Gasteiger partial charge in [0.2, 0.25) is 5.91 Å². The number of hydrogen-bond donors (Lipinski definition) is 0. The van der Waals surface area contributed by atoms with E-state index >= 15 is 0 Å². The Morgan fingerprint density at radius 1 is 1.06 bits per heavy atom. The van der Waals surface area contributed by atoms with Crippen LogP contribution in [0.15, 0.2) is 41.0 Å². The van der Waals surface area contributed by atoms with Crippen LogP contribution in [0.3, 0.4) is 0 Å². The lowest BCUT2D eigenvalue weighted by molar-refractivity contribution is -0.125. The van der Waals surface area contributed by atoms with Gasteiger partial charge in [0.15, 0.2) is 11.5 Å². The second-order valence-electron chi connectivity index (χ2n) is 8.97. The van der Waals surface area contributed by atoms with Gasteiger partial charge in [-0.1, -0.05) is 18.9 Å². The van der Waals surface area contributed by atoms with Gasteiger partial charge in [-0.05, 0) is 62.9 Å². The van der Waals surface area contributed by atoms with Crippen molar-refractivity contribution in [3.63, 3.8) is 0 Å². The maximum Gasteiger partial charge on any atom is 0.246 e. The SMILES string of the molecule is CCOc1c(/C(C)=C/C(=O)N2CCCCCC2)cc2c(-c3ccc(OC)c(OC)c3)coc2c1C. The fourth-order valence-corrected chi connectivity index (χ4v) is 4.81. The Kier molecular flexibility index (Phi) is 7.69. The van der Waals surface area contributed by atoms with E-state index in [-0.39, 0.29) is 5.91 Å². The Bertz CT molecular complexity index is 1230. The number of amides is 1. The van der Waals surface area contributed by atoms with Crippen molar-refractivity contribution in [2.45, 2.75) is 46.5 Å². The molecule has 1 aliphatic rings. The van der Waals surface area contributed by atoms with Gasteiger partial charge in [-0.25, -0.2) is 0 Å². The lowest BCUT2D eigenvalue weighted by atomic mass is 9.96. The topological polar surface area (TPSA) is 61.1 Å². The van der Waals surface area contributed by atoms with Gasteiger partial charge in [0.25, 0.3) is 0 Å². The normalized spacial score (nSPS) is 14.7. The molecular formula is C29H35NO5. The summed E-state index contributed by atoms with van der Waals surface area (Å²) in [6.07, 6.45) is 8.03. The Hall–Kier alpha value is -3.41. The molecule has 0 N–H and O–H groups in total. The number of ether oxygens (including phenoxy) is 3. The van der Waals surface area contributed by atoms with E-state index < -0.39 is 0 Å². The smallest absolute Gasteiger partial charge is 0.246 e. The molecule has 1 saturated heterocycles. The molecule has 2 aromatic carbocycles. The molecule has 6 nitrogen and oxygen atoms in total. The molecule has 0 bridgehead atoms. The molecule has 1 fully saturated rings. The van der Waals surface area contributed by atoms with Gasteiger partial charge >= 0.3 is 0 Å². The van der Waals surface area contributed by atoms with Crippen molar-refractivity contribution in [2.24, 2.45) is 0 Å². The van der Waals surface area contributed by atoms with E-state index in [1.165, 1.54) is 12.8 Å². The number of carbonyl (C=O) groups is 1. The third kappa shape index (κ3) is 5.02. The van der Waals surface area contributed by atoms with Crippen LogP contribution in [-0.4, -0.2) is 44.7 Å². The van der Waals surface area contributed by atoms with Gasteiger partial charge in [0.1, 0.15) is 11.3 Å². The lowest BCUT2D eigenvalue weighted by Crippen LogP contribution is -2.30. The third-order valence-electron chi connectivity index (χ3n) is 6.71. The van der Waals surface area contributed by atoms with Crippen LogP contribution in [0.1, 0.15) is 50.7 Å². The van der Waals surface area contributed by atoms with Crippen molar-refractivity contribution < 1.29 is 23.4 Å². The molecule has 0 saturated carbocycles. The second kappa shape index (κ2) is 10.9. The minimum absolute atomic E-state index is 0.0666. The second-order valence-corrected chi connectivity index (χ2v) is 8.97. The van der Waals surface area contributed by atoms with E-state index in [0.717, 1.165) is 70.5 Å². The van der Waals surface area contributed by atoms with Crippen molar-refractivity contribution in [1.82, 2.24) is 4.90 Å². The number of fused-ring (bicyclic) bond motifs is 1. The predicted molar refractivity (Wildman–Crippen MR) is 139 cm³/mol. The van der Waals surface area contributed by atoms with Crippen LogP contribution in [0, 0.1) is 6.92 Å². The fourth-order valence-electron chi connectivity index (χ4n) is 4.81. The van der Waals surface area contributed by atoms with Crippen molar-refractivity contribution in [2.75, 3.05) is 33.9 Å². The zero-order valence-electron chi connectivity index (χ0n) is 21.4. The van der Waals surface area contributed by atoms with E-state index in [9.17, 15) is 4.79 Å². The fraction of sp³-hybridized carbons (Fsp3) is 0.414. The van der Waals surface area contributed by atoms with Crippen LogP contribution in [0.5, 0.6) is 17.2 Å². The number of hydrogen-bond acceptors (Lipinski definition) is 5. The molecule has 186 valence electrons. The van der Waals surface area contributed by atoms with E-state index in [4.69, 9.17) is 18.6 Å². The molecule has 0 unspecified atom stereocenters. The molecule has 1 aromatic heterocycles. The van der Waals surface area contributed by atoms with E-state index in [1.54, 1.807) is 26.6 Å². The first-order chi connectivity index (χ1) is 17.0. The Balaban J connectivity index is 1.81. The van der Waals surface area contributed by atoms with Gasteiger partial charge in [0, 0.05) is 41.2 Å². The number of nitrogens with zero attached hydrogens (tertiary/aromatic N) is 1. The van der Waals surface area contributed by atoms with E-state index in [0.29, 0.717) is 18.1 Å². The number of aryl methyl sites for hydroxylation is 1. The summed E-state index contributed by atoms with van der Waals surface area (Å²) in [5.41, 5.74) is 5.38. The molecule has 0 spiro atoms. The molecule has 2 heterocycles. The standard InChI is InChI=1S/C29H35NO5/c1-6-34-28-20(3)29-23(24(18-35-29)21-11-12-25(32-4)26(16-21)33-5)17-22(28)19(2)15-27(31)30-13-9-7-8-10-14-30/h11-12,15-18H,6-10,13-14H2,1-5H3/b19-15+. The van der Waals surface area contributed by atoms with E-state index in [1.807, 2.05) is 43.9 Å². The molecule has 3 aromatic rings. The monoisotopic (exact) mass is 477 g/mol. The number of rotatable bonds is 7. The highest BCUT2D eigenvalue weighted by Crippen LogP contribution is 2.42. The molecule has 1 aliphatic heterocycles. The van der Waals surface area contributed by atoms with E-state index in [2.05, 4.69) is 6.07 Å². The molecule has 0 radical (unpaired) electrons. The van der Waals surface area contributed by atoms with Crippen molar-refractivity contribution in [3.05, 3.63) is 47.7 Å². The summed E-state index contributed by atoms with van der Waals surface area (Å²) in [6, 6.07) is 7.90. The van der Waals surface area contributed by atoms with Crippen LogP contribution in [-0.2, 0) is 4.79 Å². The molecule has 1 amide bonds. The van der Waals surface area contributed by atoms with Gasteiger partial charge in [0.05, 0.1) is 27.1 Å². The summed E-state index contributed by atoms with van der Waals surface area (Å²) in [4.78, 5) is 15.1. The first-order valence-corrected chi connectivity index (χ1v) is 12.4. The summed E-state index contributed by atoms with van der Waals surface area (Å²) in [7, 11) is 3.25. The van der Waals surface area contributed by atoms with Gasteiger partial charge < -0.3 is 23.5 Å². The van der Waals surface area contributed by atoms with Crippen LogP contribution in [0.25, 0.3) is 27.7 Å². The number of allylic oxidation sites excluding steroid dienone is 1. The first-order valence-electron chi connectivity index (χ1n) is 12.4. The minimum Gasteiger partial charge on any atom is -0.493 e. The van der Waals surface area contributed by atoms with Gasteiger partial charge in [-0.15, -0.1) is 0 Å². The molecule has 0 aliphatic carbocycles. The summed E-state index contributed by atoms with van der Waals surface area (Å²) < 4.78 is 23.0. The average molecular weight is 478 g/mol. The predicted octanol–water partition coefficient (Wildman–Crippen LogP) is 6.63. The number of likely N-dealkylation sites (tertiary alicyclic amines) is 1. The molecule has 35 heavy (non-hydrogen) atoms. The summed E-state index contributed by atoms with van der Waals surface area (Å²) in [5.74, 6) is 2.15. The largest absolute Gasteiger partial charge is 0.493 e. The highest BCUT2D eigenvalue weighted by molar-refractivity contribution is 6.02. The minimum atomic E-state index is 0.0666. The Morgan fingerprint density at radius 3 is 2.43 bits per heavy atom. The molecule has 6 heteroatoms. The number of carbonyl (C=O) groups excluding carboxylic acids is 1. The van der Waals surface area contributed by atoms with Gasteiger partial charge in [-0.2, -0.15) is 0 Å². The molecule has 0 atom stereocenters.